The number of benzene rings is 2. The van der Waals surface area contributed by atoms with Gasteiger partial charge in [0.25, 0.3) is 0 Å². The summed E-state index contributed by atoms with van der Waals surface area (Å²) in [7, 11) is -3.49. The number of halogens is 1. The molecule has 2 aromatic rings. The lowest BCUT2D eigenvalue weighted by atomic mass is 10.1. The van der Waals surface area contributed by atoms with Gasteiger partial charge in [-0.05, 0) is 49.2 Å². The second kappa shape index (κ2) is 9.57. The molecule has 1 atom stereocenters. The zero-order valence-corrected chi connectivity index (χ0v) is 18.5. The highest BCUT2D eigenvalue weighted by atomic mass is 35.5. The van der Waals surface area contributed by atoms with E-state index in [0.717, 1.165) is 11.8 Å². The minimum absolute atomic E-state index is 0.156. The molecule has 0 saturated heterocycles. The van der Waals surface area contributed by atoms with E-state index in [2.05, 4.69) is 5.32 Å². The number of carbonyl (C=O) groups is 1. The van der Waals surface area contributed by atoms with E-state index < -0.39 is 10.0 Å². The van der Waals surface area contributed by atoms with Crippen molar-refractivity contribution in [2.24, 2.45) is 0 Å². The number of hydrogen-bond donors (Lipinski definition) is 1. The monoisotopic (exact) mass is 452 g/mol. The first-order chi connectivity index (χ1) is 14.2. The van der Waals surface area contributed by atoms with Crippen LogP contribution in [-0.2, 0) is 14.8 Å². The third kappa shape index (κ3) is 5.79. The van der Waals surface area contributed by atoms with Gasteiger partial charge in [0.1, 0.15) is 13.2 Å². The van der Waals surface area contributed by atoms with Crippen LogP contribution in [0.1, 0.15) is 31.4 Å². The van der Waals surface area contributed by atoms with E-state index in [0.29, 0.717) is 41.8 Å². The average molecular weight is 453 g/mol. The lowest BCUT2D eigenvalue weighted by Crippen LogP contribution is -2.32. The van der Waals surface area contributed by atoms with E-state index in [9.17, 15) is 13.2 Å². The van der Waals surface area contributed by atoms with Crippen LogP contribution in [0.2, 0.25) is 5.02 Å². The molecule has 0 spiro atoms. The number of carbonyl (C=O) groups excluding carboxylic acids is 1. The van der Waals surface area contributed by atoms with Gasteiger partial charge in [-0.1, -0.05) is 23.7 Å². The number of hydrogen-bond acceptors (Lipinski definition) is 5. The molecule has 1 aliphatic heterocycles. The summed E-state index contributed by atoms with van der Waals surface area (Å²) in [6, 6.07) is 12.0. The van der Waals surface area contributed by atoms with Gasteiger partial charge in [0.15, 0.2) is 11.5 Å². The van der Waals surface area contributed by atoms with Crippen LogP contribution in [0, 0.1) is 0 Å². The molecular formula is C21H25ClN2O5S. The Balaban J connectivity index is 1.55. The lowest BCUT2D eigenvalue weighted by Gasteiger charge is -2.23. The van der Waals surface area contributed by atoms with Crippen LogP contribution in [-0.4, -0.2) is 40.3 Å². The zero-order chi connectivity index (χ0) is 21.7. The van der Waals surface area contributed by atoms with Gasteiger partial charge in [-0.2, -0.15) is 0 Å². The SMILES string of the molecule is C[C@H](NC(=O)CCCN(c1cccc(Cl)c1)S(C)(=O)=O)c1ccc2c(c1)OCCO2. The van der Waals surface area contributed by atoms with Gasteiger partial charge in [0, 0.05) is 18.0 Å². The van der Waals surface area contributed by atoms with Gasteiger partial charge in [0.2, 0.25) is 15.9 Å². The van der Waals surface area contributed by atoms with E-state index in [1.54, 1.807) is 24.3 Å². The van der Waals surface area contributed by atoms with Crippen molar-refractivity contribution in [3.05, 3.63) is 53.1 Å². The lowest BCUT2D eigenvalue weighted by molar-refractivity contribution is -0.121. The molecule has 1 N–H and O–H groups in total. The van der Waals surface area contributed by atoms with Crippen LogP contribution in [0.25, 0.3) is 0 Å². The Hall–Kier alpha value is -2.45. The molecular weight excluding hydrogens is 428 g/mol. The standard InChI is InChI=1S/C21H25ClN2O5S/c1-15(16-8-9-19-20(13-16)29-12-11-28-19)23-21(25)7-4-10-24(30(2,26)27)18-6-3-5-17(22)14-18/h3,5-6,8-9,13-15H,4,7,10-12H2,1-2H3,(H,23,25)/t15-/m0/s1. The molecule has 7 nitrogen and oxygen atoms in total. The number of ether oxygens (including phenoxy) is 2. The van der Waals surface area contributed by atoms with Crippen LogP contribution in [0.5, 0.6) is 11.5 Å². The highest BCUT2D eigenvalue weighted by molar-refractivity contribution is 7.92. The highest BCUT2D eigenvalue weighted by Gasteiger charge is 2.19. The first kappa shape index (κ1) is 22.2. The Bertz CT molecular complexity index is 1010. The van der Waals surface area contributed by atoms with Crippen molar-refractivity contribution in [1.82, 2.24) is 5.32 Å². The molecule has 0 fully saturated rings. The van der Waals surface area contributed by atoms with Crippen molar-refractivity contribution in [3.63, 3.8) is 0 Å². The van der Waals surface area contributed by atoms with Gasteiger partial charge < -0.3 is 14.8 Å². The predicted octanol–water partition coefficient (Wildman–Crippen LogP) is 3.53. The van der Waals surface area contributed by atoms with Crippen LogP contribution >= 0.6 is 11.6 Å². The summed E-state index contributed by atoms with van der Waals surface area (Å²) in [5, 5.41) is 3.39. The van der Waals surface area contributed by atoms with Crippen molar-refractivity contribution in [1.29, 1.82) is 0 Å². The zero-order valence-electron chi connectivity index (χ0n) is 16.9. The number of sulfonamides is 1. The van der Waals surface area contributed by atoms with Crippen molar-refractivity contribution in [2.45, 2.75) is 25.8 Å². The largest absolute Gasteiger partial charge is 0.486 e. The van der Waals surface area contributed by atoms with Gasteiger partial charge in [0.05, 0.1) is 18.0 Å². The van der Waals surface area contributed by atoms with E-state index >= 15 is 0 Å². The topological polar surface area (TPSA) is 84.9 Å². The Morgan fingerprint density at radius 1 is 1.17 bits per heavy atom. The van der Waals surface area contributed by atoms with E-state index in [1.807, 2.05) is 25.1 Å². The highest BCUT2D eigenvalue weighted by Crippen LogP contribution is 2.32. The van der Waals surface area contributed by atoms with Crippen LogP contribution < -0.4 is 19.1 Å². The Labute approximate surface area is 182 Å². The molecule has 3 rings (SSSR count). The van der Waals surface area contributed by atoms with E-state index in [4.69, 9.17) is 21.1 Å². The number of nitrogens with one attached hydrogen (secondary N) is 1. The number of amides is 1. The van der Waals surface area contributed by atoms with Crippen molar-refractivity contribution in [3.8, 4) is 11.5 Å². The summed E-state index contributed by atoms with van der Waals surface area (Å²) >= 11 is 5.98. The predicted molar refractivity (Wildman–Crippen MR) is 117 cm³/mol. The first-order valence-electron chi connectivity index (χ1n) is 9.66. The molecule has 0 bridgehead atoms. The smallest absolute Gasteiger partial charge is 0.232 e. The number of rotatable bonds is 8. The summed E-state index contributed by atoms with van der Waals surface area (Å²) in [4.78, 5) is 12.4. The Morgan fingerprint density at radius 2 is 1.90 bits per heavy atom. The molecule has 162 valence electrons. The van der Waals surface area contributed by atoms with Crippen molar-refractivity contribution < 1.29 is 22.7 Å². The van der Waals surface area contributed by atoms with Crippen molar-refractivity contribution in [2.75, 3.05) is 30.3 Å². The third-order valence-corrected chi connectivity index (χ3v) is 6.13. The van der Waals surface area contributed by atoms with Gasteiger partial charge in [-0.3, -0.25) is 9.10 Å². The molecule has 0 aromatic heterocycles. The molecule has 0 unspecified atom stereocenters. The summed E-state index contributed by atoms with van der Waals surface area (Å²) < 4.78 is 36.7. The fourth-order valence-electron chi connectivity index (χ4n) is 3.23. The average Bonchev–Trinajstić information content (AvgIpc) is 2.69. The Kier molecular flexibility index (Phi) is 7.10. The molecule has 0 radical (unpaired) electrons. The minimum Gasteiger partial charge on any atom is -0.486 e. The number of anilines is 1. The molecule has 9 heteroatoms. The maximum Gasteiger partial charge on any atom is 0.232 e. The second-order valence-electron chi connectivity index (χ2n) is 7.11. The van der Waals surface area contributed by atoms with Gasteiger partial charge >= 0.3 is 0 Å². The molecule has 0 saturated carbocycles. The molecule has 2 aromatic carbocycles. The molecule has 30 heavy (non-hydrogen) atoms. The van der Waals surface area contributed by atoms with Crippen LogP contribution in [0.15, 0.2) is 42.5 Å². The summed E-state index contributed by atoms with van der Waals surface area (Å²) in [6.07, 6.45) is 1.71. The molecule has 1 amide bonds. The first-order valence-corrected chi connectivity index (χ1v) is 11.9. The summed E-state index contributed by atoms with van der Waals surface area (Å²) in [5.74, 6) is 1.22. The third-order valence-electron chi connectivity index (χ3n) is 4.71. The summed E-state index contributed by atoms with van der Waals surface area (Å²) in [6.45, 7) is 3.10. The normalized spacial score (nSPS) is 14.1. The fourth-order valence-corrected chi connectivity index (χ4v) is 4.37. The minimum atomic E-state index is -3.49. The molecule has 1 aliphatic rings. The van der Waals surface area contributed by atoms with Crippen LogP contribution in [0.4, 0.5) is 5.69 Å². The number of nitrogens with zero attached hydrogens (tertiary/aromatic N) is 1. The van der Waals surface area contributed by atoms with Crippen LogP contribution in [0.3, 0.4) is 0 Å². The second-order valence-corrected chi connectivity index (χ2v) is 9.45. The van der Waals surface area contributed by atoms with Gasteiger partial charge in [-0.25, -0.2) is 8.42 Å². The van der Waals surface area contributed by atoms with E-state index in [-0.39, 0.29) is 24.9 Å². The Morgan fingerprint density at radius 3 is 2.60 bits per heavy atom. The summed E-state index contributed by atoms with van der Waals surface area (Å²) in [5.41, 5.74) is 1.39. The van der Waals surface area contributed by atoms with Crippen molar-refractivity contribution >= 4 is 33.2 Å². The fraction of sp³-hybridized carbons (Fsp3) is 0.381. The molecule has 1 heterocycles. The van der Waals surface area contributed by atoms with Gasteiger partial charge in [-0.15, -0.1) is 0 Å². The quantitative estimate of drug-likeness (QED) is 0.662. The number of fused-ring (bicyclic) bond motifs is 1. The van der Waals surface area contributed by atoms with E-state index in [1.165, 1.54) is 4.31 Å². The molecule has 0 aliphatic carbocycles. The maximum atomic E-state index is 12.4. The maximum absolute atomic E-state index is 12.4.